The van der Waals surface area contributed by atoms with Crippen molar-refractivity contribution in [2.75, 3.05) is 26.2 Å². The fourth-order valence-electron chi connectivity index (χ4n) is 4.62. The zero-order valence-electron chi connectivity index (χ0n) is 19.8. The molecule has 1 fully saturated rings. The van der Waals surface area contributed by atoms with Gasteiger partial charge < -0.3 is 4.90 Å². The van der Waals surface area contributed by atoms with E-state index in [0.29, 0.717) is 42.9 Å². The van der Waals surface area contributed by atoms with Crippen LogP contribution < -0.4 is 5.56 Å². The van der Waals surface area contributed by atoms with E-state index in [2.05, 4.69) is 27.8 Å². The van der Waals surface area contributed by atoms with Gasteiger partial charge in [0.2, 0.25) is 0 Å². The average Bonchev–Trinajstić information content (AvgIpc) is 2.89. The number of nitrogens with zero attached hydrogens (tertiary/aromatic N) is 4. The largest absolute Gasteiger partial charge is 0.336 e. The van der Waals surface area contributed by atoms with Crippen LogP contribution in [0.5, 0.6) is 0 Å². The Balaban J connectivity index is 1.44. The number of fused-ring (bicyclic) bond motifs is 1. The molecule has 6 nitrogen and oxygen atoms in total. The molecular weight excluding hydrogens is 504 g/mol. The zero-order valence-corrected chi connectivity index (χ0v) is 21.4. The molecule has 1 aliphatic heterocycles. The van der Waals surface area contributed by atoms with Crippen LogP contribution in [0.15, 0.2) is 82.1 Å². The van der Waals surface area contributed by atoms with Crippen LogP contribution in [0.25, 0.3) is 16.6 Å². The average molecular weight is 531 g/mol. The van der Waals surface area contributed by atoms with Gasteiger partial charge in [0.05, 0.1) is 22.6 Å². The molecule has 3 aromatic carbocycles. The summed E-state index contributed by atoms with van der Waals surface area (Å²) >= 11 is 3.48. The zero-order chi connectivity index (χ0) is 24.5. The normalized spacial score (nSPS) is 15.3. The molecular formula is C28H27BrN4O2. The second-order valence-electron chi connectivity index (χ2n) is 8.97. The lowest BCUT2D eigenvalue weighted by Gasteiger charge is -2.38. The molecule has 0 spiro atoms. The lowest BCUT2D eigenvalue weighted by molar-refractivity contribution is 0.0573. The Morgan fingerprint density at radius 3 is 2.26 bits per heavy atom. The van der Waals surface area contributed by atoms with Gasteiger partial charge >= 0.3 is 0 Å². The van der Waals surface area contributed by atoms with Gasteiger partial charge in [0.25, 0.3) is 11.5 Å². The molecule has 1 unspecified atom stereocenters. The van der Waals surface area contributed by atoms with Gasteiger partial charge in [-0.05, 0) is 62.4 Å². The number of halogens is 1. The topological polar surface area (TPSA) is 58.4 Å². The molecule has 0 N–H and O–H groups in total. The first-order valence-electron chi connectivity index (χ1n) is 11.8. The van der Waals surface area contributed by atoms with Gasteiger partial charge in [-0.3, -0.25) is 19.1 Å². The van der Waals surface area contributed by atoms with Crippen LogP contribution in [0.1, 0.15) is 34.7 Å². The van der Waals surface area contributed by atoms with Gasteiger partial charge in [-0.15, -0.1) is 0 Å². The molecule has 1 saturated heterocycles. The Hall–Kier alpha value is -3.29. The summed E-state index contributed by atoms with van der Waals surface area (Å²) in [5, 5.41) is 0.597. The molecule has 1 aliphatic rings. The fraction of sp³-hybridized carbons (Fsp3) is 0.250. The molecule has 0 bridgehead atoms. The van der Waals surface area contributed by atoms with Crippen LogP contribution in [0.4, 0.5) is 0 Å². The Morgan fingerprint density at radius 2 is 1.57 bits per heavy atom. The van der Waals surface area contributed by atoms with E-state index >= 15 is 0 Å². The molecule has 0 aliphatic carbocycles. The van der Waals surface area contributed by atoms with E-state index < -0.39 is 0 Å². The predicted molar refractivity (Wildman–Crippen MR) is 142 cm³/mol. The summed E-state index contributed by atoms with van der Waals surface area (Å²) in [6, 6.07) is 22.8. The van der Waals surface area contributed by atoms with Crippen LogP contribution in [0.2, 0.25) is 0 Å². The molecule has 1 amide bonds. The minimum atomic E-state index is -0.104. The number of aryl methyl sites for hydroxylation is 1. The highest BCUT2D eigenvalue weighted by atomic mass is 79.9. The van der Waals surface area contributed by atoms with Crippen molar-refractivity contribution in [3.63, 3.8) is 0 Å². The first kappa shape index (κ1) is 23.5. The summed E-state index contributed by atoms with van der Waals surface area (Å²) in [5.74, 6) is 0.766. The maximum atomic E-state index is 13.6. The van der Waals surface area contributed by atoms with Crippen molar-refractivity contribution in [2.24, 2.45) is 0 Å². The molecule has 1 atom stereocenters. The number of para-hydroxylation sites is 1. The van der Waals surface area contributed by atoms with E-state index in [0.717, 1.165) is 21.3 Å². The van der Waals surface area contributed by atoms with Gasteiger partial charge in [0, 0.05) is 36.2 Å². The minimum Gasteiger partial charge on any atom is -0.336 e. The summed E-state index contributed by atoms with van der Waals surface area (Å²) in [4.78, 5) is 35.7. The molecule has 7 heteroatoms. The summed E-state index contributed by atoms with van der Waals surface area (Å²) in [6.07, 6.45) is 0. The number of amides is 1. The minimum absolute atomic E-state index is 0.0629. The molecule has 0 saturated carbocycles. The maximum absolute atomic E-state index is 13.6. The standard InChI is InChI=1S/C28H27BrN4O2/c1-19-7-9-21(10-8-19)27(34)32-17-15-31(16-18-32)20(2)26-30-25-6-4-3-5-24(25)28(35)33(26)23-13-11-22(29)12-14-23/h3-14,20H,15-18H2,1-2H3. The molecule has 5 rings (SSSR count). The highest BCUT2D eigenvalue weighted by molar-refractivity contribution is 9.10. The van der Waals surface area contributed by atoms with Crippen LogP contribution in [-0.2, 0) is 0 Å². The lowest BCUT2D eigenvalue weighted by Crippen LogP contribution is -2.50. The number of hydrogen-bond donors (Lipinski definition) is 0. The number of hydrogen-bond acceptors (Lipinski definition) is 4. The maximum Gasteiger partial charge on any atom is 0.266 e. The van der Waals surface area contributed by atoms with E-state index in [1.54, 1.807) is 4.57 Å². The predicted octanol–water partition coefficient (Wildman–Crippen LogP) is 4.98. The van der Waals surface area contributed by atoms with E-state index in [-0.39, 0.29) is 17.5 Å². The van der Waals surface area contributed by atoms with Crippen molar-refractivity contribution in [1.82, 2.24) is 19.4 Å². The molecule has 35 heavy (non-hydrogen) atoms. The van der Waals surface area contributed by atoms with E-state index in [9.17, 15) is 9.59 Å². The first-order valence-corrected chi connectivity index (χ1v) is 12.6. The molecule has 0 radical (unpaired) electrons. The third-order valence-corrected chi connectivity index (χ3v) is 7.24. The first-order chi connectivity index (χ1) is 16.9. The number of aromatic nitrogens is 2. The smallest absolute Gasteiger partial charge is 0.266 e. The summed E-state index contributed by atoms with van der Waals surface area (Å²) in [5.41, 5.74) is 3.26. The third-order valence-electron chi connectivity index (χ3n) is 6.71. The van der Waals surface area contributed by atoms with Crippen LogP contribution in [0.3, 0.4) is 0 Å². The lowest BCUT2D eigenvalue weighted by atomic mass is 10.1. The van der Waals surface area contributed by atoms with Gasteiger partial charge in [-0.1, -0.05) is 45.8 Å². The molecule has 1 aromatic heterocycles. The second kappa shape index (κ2) is 9.76. The van der Waals surface area contributed by atoms with Crippen molar-refractivity contribution < 1.29 is 4.79 Å². The monoisotopic (exact) mass is 530 g/mol. The number of piperazine rings is 1. The quantitative estimate of drug-likeness (QED) is 0.373. The van der Waals surface area contributed by atoms with Crippen LogP contribution >= 0.6 is 15.9 Å². The highest BCUT2D eigenvalue weighted by Crippen LogP contribution is 2.25. The van der Waals surface area contributed by atoms with Crippen molar-refractivity contribution >= 4 is 32.7 Å². The van der Waals surface area contributed by atoms with Crippen molar-refractivity contribution in [1.29, 1.82) is 0 Å². The van der Waals surface area contributed by atoms with Gasteiger partial charge in [0.15, 0.2) is 0 Å². The summed E-state index contributed by atoms with van der Waals surface area (Å²) < 4.78 is 2.68. The van der Waals surface area contributed by atoms with Gasteiger partial charge in [-0.25, -0.2) is 4.98 Å². The highest BCUT2D eigenvalue weighted by Gasteiger charge is 2.28. The third kappa shape index (κ3) is 4.66. The molecule has 4 aromatic rings. The Morgan fingerprint density at radius 1 is 0.914 bits per heavy atom. The van der Waals surface area contributed by atoms with Crippen molar-refractivity contribution in [3.05, 3.63) is 105 Å². The fourth-order valence-corrected chi connectivity index (χ4v) is 4.89. The van der Waals surface area contributed by atoms with Crippen LogP contribution in [0, 0.1) is 6.92 Å². The van der Waals surface area contributed by atoms with Crippen molar-refractivity contribution in [2.45, 2.75) is 19.9 Å². The SMILES string of the molecule is Cc1ccc(C(=O)N2CCN(C(C)c3nc4ccccc4c(=O)n3-c3ccc(Br)cc3)CC2)cc1. The van der Waals surface area contributed by atoms with E-state index in [1.165, 1.54) is 0 Å². The number of carbonyl (C=O) groups excluding carboxylic acids is 1. The Kier molecular flexibility index (Phi) is 6.54. The van der Waals surface area contributed by atoms with Crippen LogP contribution in [-0.4, -0.2) is 51.4 Å². The van der Waals surface area contributed by atoms with Crippen molar-refractivity contribution in [3.8, 4) is 5.69 Å². The second-order valence-corrected chi connectivity index (χ2v) is 9.89. The van der Waals surface area contributed by atoms with Gasteiger partial charge in [0.1, 0.15) is 5.82 Å². The number of carbonyl (C=O) groups is 1. The Bertz CT molecular complexity index is 1420. The molecule has 178 valence electrons. The number of benzene rings is 3. The Labute approximate surface area is 213 Å². The van der Waals surface area contributed by atoms with Gasteiger partial charge in [-0.2, -0.15) is 0 Å². The van der Waals surface area contributed by atoms with E-state index in [4.69, 9.17) is 4.98 Å². The summed E-state index contributed by atoms with van der Waals surface area (Å²) in [6.45, 7) is 6.79. The number of rotatable bonds is 4. The van der Waals surface area contributed by atoms with E-state index in [1.807, 2.05) is 84.6 Å². The molecule has 2 heterocycles. The summed E-state index contributed by atoms with van der Waals surface area (Å²) in [7, 11) is 0.